The van der Waals surface area contributed by atoms with Gasteiger partial charge in [0.15, 0.2) is 0 Å². The van der Waals surface area contributed by atoms with Crippen molar-refractivity contribution in [1.29, 1.82) is 0 Å². The molecule has 114 valence electrons. The van der Waals surface area contributed by atoms with E-state index in [1.807, 2.05) is 0 Å². The lowest BCUT2D eigenvalue weighted by molar-refractivity contribution is 0.416. The number of thiophene rings is 1. The summed E-state index contributed by atoms with van der Waals surface area (Å²) < 4.78 is 5.31. The molecular weight excluding hydrogens is 278 g/mol. The van der Waals surface area contributed by atoms with E-state index in [1.165, 1.54) is 16.0 Å². The number of rotatable bonds is 5. The summed E-state index contributed by atoms with van der Waals surface area (Å²) in [6.07, 6.45) is 0. The fraction of sp³-hybridized carbons (Fsp3) is 0.444. The van der Waals surface area contributed by atoms with Crippen LogP contribution in [-0.4, -0.2) is 13.7 Å². The van der Waals surface area contributed by atoms with Gasteiger partial charge in [-0.1, -0.05) is 52.0 Å². The number of benzene rings is 1. The second-order valence-electron chi connectivity index (χ2n) is 6.25. The van der Waals surface area contributed by atoms with E-state index in [0.29, 0.717) is 0 Å². The van der Waals surface area contributed by atoms with Crippen LogP contribution in [0.15, 0.2) is 35.7 Å². The standard InChI is InChI=1S/C18H25NOS/c1-6-19-17(16-11-15(20-5)12-21-16)13-7-9-14(10-8-13)18(2,3)4/h7-12,17,19H,6H2,1-5H3. The van der Waals surface area contributed by atoms with Gasteiger partial charge in [-0.05, 0) is 29.2 Å². The zero-order valence-electron chi connectivity index (χ0n) is 13.6. The number of methoxy groups -OCH3 is 1. The van der Waals surface area contributed by atoms with Crippen LogP contribution in [-0.2, 0) is 5.41 Å². The van der Waals surface area contributed by atoms with Crippen molar-refractivity contribution in [2.75, 3.05) is 13.7 Å². The third-order valence-electron chi connectivity index (χ3n) is 3.63. The first-order valence-electron chi connectivity index (χ1n) is 7.42. The maximum atomic E-state index is 5.31. The molecule has 1 N–H and O–H groups in total. The van der Waals surface area contributed by atoms with Gasteiger partial charge in [-0.3, -0.25) is 0 Å². The molecule has 2 rings (SSSR count). The van der Waals surface area contributed by atoms with Crippen molar-refractivity contribution in [2.45, 2.75) is 39.2 Å². The van der Waals surface area contributed by atoms with Gasteiger partial charge >= 0.3 is 0 Å². The van der Waals surface area contributed by atoms with Crippen LogP contribution in [0.4, 0.5) is 0 Å². The zero-order chi connectivity index (χ0) is 15.5. The highest BCUT2D eigenvalue weighted by atomic mass is 32.1. The summed E-state index contributed by atoms with van der Waals surface area (Å²) in [5.41, 5.74) is 2.86. The molecule has 0 saturated carbocycles. The highest BCUT2D eigenvalue weighted by molar-refractivity contribution is 7.10. The van der Waals surface area contributed by atoms with Crippen molar-refractivity contribution >= 4 is 11.3 Å². The molecule has 2 aromatic rings. The Labute approximate surface area is 132 Å². The zero-order valence-corrected chi connectivity index (χ0v) is 14.4. The van der Waals surface area contributed by atoms with Crippen LogP contribution in [0.1, 0.15) is 49.7 Å². The minimum Gasteiger partial charge on any atom is -0.496 e. The summed E-state index contributed by atoms with van der Waals surface area (Å²) in [6.45, 7) is 9.81. The Kier molecular flexibility index (Phi) is 5.07. The van der Waals surface area contributed by atoms with Gasteiger partial charge in [-0.15, -0.1) is 11.3 Å². The molecule has 0 aliphatic heterocycles. The van der Waals surface area contributed by atoms with Crippen LogP contribution in [0, 0.1) is 0 Å². The predicted molar refractivity (Wildman–Crippen MR) is 91.5 cm³/mol. The number of nitrogens with one attached hydrogen (secondary N) is 1. The quantitative estimate of drug-likeness (QED) is 0.860. The highest BCUT2D eigenvalue weighted by Gasteiger charge is 2.18. The molecule has 0 bridgehead atoms. The lowest BCUT2D eigenvalue weighted by Gasteiger charge is -2.21. The molecule has 21 heavy (non-hydrogen) atoms. The molecule has 1 heterocycles. The first-order chi connectivity index (χ1) is 9.95. The predicted octanol–water partition coefficient (Wildman–Crippen LogP) is 4.75. The summed E-state index contributed by atoms with van der Waals surface area (Å²) >= 11 is 1.74. The Morgan fingerprint density at radius 2 is 1.86 bits per heavy atom. The van der Waals surface area contributed by atoms with Gasteiger partial charge in [0.05, 0.1) is 13.2 Å². The number of hydrogen-bond donors (Lipinski definition) is 1. The first kappa shape index (κ1) is 16.1. The topological polar surface area (TPSA) is 21.3 Å². The summed E-state index contributed by atoms with van der Waals surface area (Å²) in [5.74, 6) is 0.934. The third kappa shape index (κ3) is 3.86. The molecule has 0 spiro atoms. The molecule has 0 aliphatic carbocycles. The first-order valence-corrected chi connectivity index (χ1v) is 8.30. The van der Waals surface area contributed by atoms with E-state index in [1.54, 1.807) is 18.4 Å². The molecule has 1 unspecified atom stereocenters. The van der Waals surface area contributed by atoms with E-state index < -0.39 is 0 Å². The van der Waals surface area contributed by atoms with Gasteiger partial charge in [0.2, 0.25) is 0 Å². The van der Waals surface area contributed by atoms with E-state index in [9.17, 15) is 0 Å². The van der Waals surface area contributed by atoms with Crippen LogP contribution in [0.2, 0.25) is 0 Å². The van der Waals surface area contributed by atoms with Crippen molar-refractivity contribution in [1.82, 2.24) is 5.32 Å². The molecule has 1 aromatic carbocycles. The van der Waals surface area contributed by atoms with E-state index >= 15 is 0 Å². The maximum Gasteiger partial charge on any atom is 0.129 e. The molecular formula is C18H25NOS. The highest BCUT2D eigenvalue weighted by Crippen LogP contribution is 2.32. The molecule has 1 atom stereocenters. The Balaban J connectivity index is 2.29. The summed E-state index contributed by atoms with van der Waals surface area (Å²) in [4.78, 5) is 1.29. The third-order valence-corrected chi connectivity index (χ3v) is 4.61. The summed E-state index contributed by atoms with van der Waals surface area (Å²) in [5, 5.41) is 5.62. The smallest absolute Gasteiger partial charge is 0.129 e. The SMILES string of the molecule is CCNC(c1ccc(C(C)(C)C)cc1)c1cc(OC)cs1. The van der Waals surface area contributed by atoms with Gasteiger partial charge in [-0.2, -0.15) is 0 Å². The molecule has 0 aliphatic rings. The normalized spacial score (nSPS) is 13.2. The Bertz CT molecular complexity index is 566. The Morgan fingerprint density at radius 1 is 1.19 bits per heavy atom. The van der Waals surface area contributed by atoms with E-state index in [0.717, 1.165) is 12.3 Å². The van der Waals surface area contributed by atoms with Crippen molar-refractivity contribution in [3.05, 3.63) is 51.7 Å². The minimum absolute atomic E-state index is 0.193. The van der Waals surface area contributed by atoms with Gasteiger partial charge < -0.3 is 10.1 Å². The summed E-state index contributed by atoms with van der Waals surface area (Å²) in [7, 11) is 1.71. The number of ether oxygens (including phenoxy) is 1. The van der Waals surface area contributed by atoms with Gasteiger partial charge in [0.25, 0.3) is 0 Å². The van der Waals surface area contributed by atoms with Crippen molar-refractivity contribution in [3.63, 3.8) is 0 Å². The molecule has 0 fully saturated rings. The lowest BCUT2D eigenvalue weighted by atomic mass is 9.86. The number of hydrogen-bond acceptors (Lipinski definition) is 3. The van der Waals surface area contributed by atoms with Gasteiger partial charge in [0.1, 0.15) is 5.75 Å². The average Bonchev–Trinajstić information content (AvgIpc) is 2.92. The fourth-order valence-electron chi connectivity index (χ4n) is 2.36. The van der Waals surface area contributed by atoms with Crippen LogP contribution >= 0.6 is 11.3 Å². The maximum absolute atomic E-state index is 5.31. The monoisotopic (exact) mass is 303 g/mol. The largest absolute Gasteiger partial charge is 0.496 e. The van der Waals surface area contributed by atoms with Crippen molar-refractivity contribution < 1.29 is 4.74 Å². The van der Waals surface area contributed by atoms with E-state index in [4.69, 9.17) is 4.74 Å². The lowest BCUT2D eigenvalue weighted by Crippen LogP contribution is -2.21. The minimum atomic E-state index is 0.193. The van der Waals surface area contributed by atoms with E-state index in [2.05, 4.69) is 68.7 Å². The molecule has 0 amide bonds. The van der Waals surface area contributed by atoms with Crippen molar-refractivity contribution in [3.8, 4) is 5.75 Å². The van der Waals surface area contributed by atoms with Crippen LogP contribution in [0.25, 0.3) is 0 Å². The second kappa shape index (κ2) is 6.63. The van der Waals surface area contributed by atoms with Crippen LogP contribution in [0.5, 0.6) is 5.75 Å². The van der Waals surface area contributed by atoms with E-state index in [-0.39, 0.29) is 11.5 Å². The molecule has 0 radical (unpaired) electrons. The second-order valence-corrected chi connectivity index (χ2v) is 7.19. The molecule has 0 saturated heterocycles. The van der Waals surface area contributed by atoms with Gasteiger partial charge in [0, 0.05) is 10.3 Å². The summed E-state index contributed by atoms with van der Waals surface area (Å²) in [6, 6.07) is 11.3. The van der Waals surface area contributed by atoms with Gasteiger partial charge in [-0.25, -0.2) is 0 Å². The van der Waals surface area contributed by atoms with Crippen molar-refractivity contribution in [2.24, 2.45) is 0 Å². The fourth-order valence-corrected chi connectivity index (χ4v) is 3.31. The molecule has 1 aromatic heterocycles. The molecule has 3 heteroatoms. The van der Waals surface area contributed by atoms with Crippen LogP contribution < -0.4 is 10.1 Å². The Morgan fingerprint density at radius 3 is 2.33 bits per heavy atom. The molecule has 2 nitrogen and oxygen atoms in total. The Hall–Kier alpha value is -1.32. The van der Waals surface area contributed by atoms with Crippen LogP contribution in [0.3, 0.4) is 0 Å². The average molecular weight is 303 g/mol.